The van der Waals surface area contributed by atoms with Crippen LogP contribution in [0.4, 0.5) is 0 Å². The van der Waals surface area contributed by atoms with E-state index in [9.17, 15) is 4.79 Å². The first-order valence-corrected chi connectivity index (χ1v) is 7.77. The summed E-state index contributed by atoms with van der Waals surface area (Å²) in [4.78, 5) is 24.7. The molecule has 6 heteroatoms. The molecule has 0 radical (unpaired) electrons. The number of H-pyrrole nitrogens is 1. The zero-order chi connectivity index (χ0) is 16.9. The molecule has 0 unspecified atom stereocenters. The predicted octanol–water partition coefficient (Wildman–Crippen LogP) is 3.53. The first-order chi connectivity index (χ1) is 11.4. The molecule has 1 aromatic carbocycles. The Hall–Kier alpha value is -3.02. The third-order valence-electron chi connectivity index (χ3n) is 3.99. The van der Waals surface area contributed by atoms with Crippen molar-refractivity contribution in [3.8, 4) is 5.82 Å². The van der Waals surface area contributed by atoms with Gasteiger partial charge in [0.15, 0.2) is 17.2 Å². The number of rotatable bonds is 2. The van der Waals surface area contributed by atoms with Gasteiger partial charge in [-0.1, -0.05) is 39.0 Å². The van der Waals surface area contributed by atoms with E-state index in [4.69, 9.17) is 0 Å². The predicted molar refractivity (Wildman–Crippen MR) is 92.3 cm³/mol. The van der Waals surface area contributed by atoms with E-state index in [0.717, 1.165) is 10.9 Å². The number of fused-ring (bicyclic) bond motifs is 2. The molecule has 0 bridgehead atoms. The molecule has 4 aromatic rings. The Morgan fingerprint density at radius 2 is 1.96 bits per heavy atom. The van der Waals surface area contributed by atoms with Crippen LogP contribution in [-0.2, 0) is 0 Å². The number of ketones is 1. The summed E-state index contributed by atoms with van der Waals surface area (Å²) in [6.07, 6.45) is 5.13. The Labute approximate surface area is 138 Å². The molecular weight excluding hydrogens is 302 g/mol. The topological polar surface area (TPSA) is 76.5 Å². The van der Waals surface area contributed by atoms with Crippen molar-refractivity contribution in [1.29, 1.82) is 0 Å². The summed E-state index contributed by atoms with van der Waals surface area (Å²) in [6, 6.07) is 7.90. The minimum Gasteiger partial charge on any atom is -0.344 e. The maximum absolute atomic E-state index is 12.6. The second-order valence-electron chi connectivity index (χ2n) is 6.82. The lowest BCUT2D eigenvalue weighted by Gasteiger charge is -2.15. The van der Waals surface area contributed by atoms with Crippen LogP contribution in [0.5, 0.6) is 0 Å². The molecule has 120 valence electrons. The van der Waals surface area contributed by atoms with E-state index < -0.39 is 5.41 Å². The lowest BCUT2D eigenvalue weighted by atomic mass is 9.87. The monoisotopic (exact) mass is 319 g/mol. The Morgan fingerprint density at radius 1 is 1.17 bits per heavy atom. The van der Waals surface area contributed by atoms with Crippen LogP contribution in [0, 0.1) is 5.41 Å². The minimum absolute atomic E-state index is 0.0329. The Balaban J connectivity index is 1.91. The van der Waals surface area contributed by atoms with E-state index in [1.165, 1.54) is 0 Å². The normalized spacial score (nSPS) is 12.1. The van der Waals surface area contributed by atoms with Gasteiger partial charge in [-0.25, -0.2) is 14.6 Å². The number of nitrogens with one attached hydrogen (secondary N) is 1. The first kappa shape index (κ1) is 14.6. The number of Topliss-reactive ketones (excluding diaryl/α,β-unsaturated/α-hetero) is 1. The summed E-state index contributed by atoms with van der Waals surface area (Å²) in [5, 5.41) is 5.43. The molecule has 6 nitrogen and oxygen atoms in total. The second-order valence-corrected chi connectivity index (χ2v) is 6.82. The molecule has 0 spiro atoms. The molecule has 3 heterocycles. The quantitative estimate of drug-likeness (QED) is 0.573. The molecule has 0 amide bonds. The lowest BCUT2D eigenvalue weighted by molar-refractivity contribution is 0.0860. The van der Waals surface area contributed by atoms with Crippen molar-refractivity contribution in [3.63, 3.8) is 0 Å². The van der Waals surface area contributed by atoms with Gasteiger partial charge < -0.3 is 4.98 Å². The number of carbonyl (C=O) groups excluding carboxylic acids is 1. The molecule has 0 saturated heterocycles. The smallest absolute Gasteiger partial charge is 0.173 e. The van der Waals surface area contributed by atoms with Crippen molar-refractivity contribution in [1.82, 2.24) is 24.7 Å². The van der Waals surface area contributed by atoms with Gasteiger partial charge in [-0.15, -0.1) is 0 Å². The summed E-state index contributed by atoms with van der Waals surface area (Å²) in [5.41, 5.74) is 2.20. The maximum atomic E-state index is 12.6. The summed E-state index contributed by atoms with van der Waals surface area (Å²) in [5.74, 6) is 0.622. The van der Waals surface area contributed by atoms with Gasteiger partial charge in [-0.05, 0) is 6.07 Å². The summed E-state index contributed by atoms with van der Waals surface area (Å²) in [7, 11) is 0. The Morgan fingerprint density at radius 3 is 2.75 bits per heavy atom. The molecule has 0 saturated carbocycles. The van der Waals surface area contributed by atoms with E-state index >= 15 is 0 Å². The summed E-state index contributed by atoms with van der Waals surface area (Å²) < 4.78 is 1.74. The standard InChI is InChI=1S/C18H17N5O/c1-18(2,3)16(24)12-9-19-17-15(12)22-14(10-20-17)23-13-7-5-4-6-11(13)8-21-23/h4-10H,1-3H3,(H,19,20). The number of carbonyl (C=O) groups is 1. The maximum Gasteiger partial charge on any atom is 0.173 e. The largest absolute Gasteiger partial charge is 0.344 e. The number of hydrogen-bond donors (Lipinski definition) is 1. The average Bonchev–Trinajstić information content (AvgIpc) is 3.16. The molecule has 0 atom stereocenters. The van der Waals surface area contributed by atoms with E-state index in [1.54, 1.807) is 23.3 Å². The molecule has 3 aromatic heterocycles. The SMILES string of the molecule is CC(C)(C)C(=O)c1c[nH]c2ncc(-n3ncc4ccccc43)nc12. The van der Waals surface area contributed by atoms with Crippen LogP contribution in [0.15, 0.2) is 42.9 Å². The number of nitrogens with zero attached hydrogens (tertiary/aromatic N) is 4. The molecule has 4 rings (SSSR count). The van der Waals surface area contributed by atoms with Crippen molar-refractivity contribution in [2.75, 3.05) is 0 Å². The van der Waals surface area contributed by atoms with Gasteiger partial charge in [0.1, 0.15) is 5.52 Å². The summed E-state index contributed by atoms with van der Waals surface area (Å²) in [6.45, 7) is 5.69. The molecule has 0 aliphatic rings. The molecular formula is C18H17N5O. The summed E-state index contributed by atoms with van der Waals surface area (Å²) >= 11 is 0. The molecule has 1 N–H and O–H groups in total. The van der Waals surface area contributed by atoms with E-state index in [0.29, 0.717) is 22.5 Å². The second kappa shape index (κ2) is 4.99. The molecule has 0 fully saturated rings. The zero-order valence-electron chi connectivity index (χ0n) is 13.7. The molecule has 0 aliphatic carbocycles. The van der Waals surface area contributed by atoms with Crippen LogP contribution in [0.3, 0.4) is 0 Å². The van der Waals surface area contributed by atoms with Gasteiger partial charge >= 0.3 is 0 Å². The van der Waals surface area contributed by atoms with Crippen LogP contribution >= 0.6 is 0 Å². The fourth-order valence-electron chi connectivity index (χ4n) is 2.72. The average molecular weight is 319 g/mol. The van der Waals surface area contributed by atoms with Gasteiger partial charge in [-0.2, -0.15) is 5.10 Å². The van der Waals surface area contributed by atoms with Crippen molar-refractivity contribution in [3.05, 3.63) is 48.4 Å². The van der Waals surface area contributed by atoms with Crippen LogP contribution < -0.4 is 0 Å². The fraction of sp³-hybridized carbons (Fsp3) is 0.222. The number of hydrogen-bond acceptors (Lipinski definition) is 4. The fourth-order valence-corrected chi connectivity index (χ4v) is 2.72. The minimum atomic E-state index is -0.481. The van der Waals surface area contributed by atoms with Crippen LogP contribution in [0.25, 0.3) is 27.9 Å². The number of aromatic amines is 1. The van der Waals surface area contributed by atoms with Gasteiger partial charge in [0.2, 0.25) is 0 Å². The van der Waals surface area contributed by atoms with Gasteiger partial charge in [0.05, 0.1) is 23.5 Å². The zero-order valence-corrected chi connectivity index (χ0v) is 13.7. The van der Waals surface area contributed by atoms with E-state index in [-0.39, 0.29) is 5.78 Å². The van der Waals surface area contributed by atoms with Gasteiger partial charge in [0.25, 0.3) is 0 Å². The third kappa shape index (κ3) is 2.19. The van der Waals surface area contributed by atoms with Crippen molar-refractivity contribution in [2.24, 2.45) is 5.41 Å². The Kier molecular flexibility index (Phi) is 3.03. The first-order valence-electron chi connectivity index (χ1n) is 7.77. The Bertz CT molecular complexity index is 1070. The highest BCUT2D eigenvalue weighted by atomic mass is 16.1. The van der Waals surface area contributed by atoms with Crippen LogP contribution in [-0.4, -0.2) is 30.5 Å². The molecule has 0 aliphatic heterocycles. The van der Waals surface area contributed by atoms with E-state index in [2.05, 4.69) is 20.1 Å². The van der Waals surface area contributed by atoms with Crippen molar-refractivity contribution in [2.45, 2.75) is 20.8 Å². The number of para-hydroxylation sites is 1. The van der Waals surface area contributed by atoms with E-state index in [1.807, 2.05) is 45.0 Å². The highest BCUT2D eigenvalue weighted by Gasteiger charge is 2.26. The lowest BCUT2D eigenvalue weighted by Crippen LogP contribution is -2.20. The third-order valence-corrected chi connectivity index (χ3v) is 3.99. The van der Waals surface area contributed by atoms with Crippen LogP contribution in [0.1, 0.15) is 31.1 Å². The highest BCUT2D eigenvalue weighted by Crippen LogP contribution is 2.26. The molecule has 24 heavy (non-hydrogen) atoms. The van der Waals surface area contributed by atoms with Crippen molar-refractivity contribution < 1.29 is 4.79 Å². The van der Waals surface area contributed by atoms with Gasteiger partial charge in [-0.3, -0.25) is 4.79 Å². The van der Waals surface area contributed by atoms with Gasteiger partial charge in [0, 0.05) is 17.0 Å². The highest BCUT2D eigenvalue weighted by molar-refractivity contribution is 6.08. The number of aromatic nitrogens is 5. The number of benzene rings is 1. The van der Waals surface area contributed by atoms with Crippen LogP contribution in [0.2, 0.25) is 0 Å². The van der Waals surface area contributed by atoms with Crippen molar-refractivity contribution >= 4 is 27.9 Å².